The fourth-order valence-electron chi connectivity index (χ4n) is 2.96. The fourth-order valence-corrected chi connectivity index (χ4v) is 2.96. The van der Waals surface area contributed by atoms with Gasteiger partial charge >= 0.3 is 0 Å². The summed E-state index contributed by atoms with van der Waals surface area (Å²) in [5.41, 5.74) is 2.63. The maximum Gasteiger partial charge on any atom is 0.255 e. The van der Waals surface area contributed by atoms with Crippen LogP contribution in [0.4, 0.5) is 5.69 Å². The zero-order valence-corrected chi connectivity index (χ0v) is 15.8. The van der Waals surface area contributed by atoms with E-state index in [1.807, 2.05) is 51.2 Å². The van der Waals surface area contributed by atoms with Crippen molar-refractivity contribution in [2.75, 3.05) is 19.0 Å². The van der Waals surface area contributed by atoms with Crippen LogP contribution in [0.5, 0.6) is 5.75 Å². The van der Waals surface area contributed by atoms with Gasteiger partial charge in [0, 0.05) is 7.05 Å². The lowest BCUT2D eigenvalue weighted by atomic mass is 10.1. The van der Waals surface area contributed by atoms with Crippen LogP contribution in [0.1, 0.15) is 21.7 Å². The Hall–Kier alpha value is -3.35. The minimum Gasteiger partial charge on any atom is -0.496 e. The summed E-state index contributed by atoms with van der Waals surface area (Å²) in [6.45, 7) is 3.54. The van der Waals surface area contributed by atoms with Crippen LogP contribution in [-0.2, 0) is 11.8 Å². The number of ether oxygens (including phenoxy) is 1. The summed E-state index contributed by atoms with van der Waals surface area (Å²) in [6.07, 6.45) is 0. The summed E-state index contributed by atoms with van der Waals surface area (Å²) in [4.78, 5) is 24.8. The van der Waals surface area contributed by atoms with Crippen LogP contribution >= 0.6 is 0 Å². The summed E-state index contributed by atoms with van der Waals surface area (Å²) in [5.74, 6) is -0.222. The first kappa shape index (κ1) is 18.4. The first-order chi connectivity index (χ1) is 12.9. The molecule has 0 aliphatic heterocycles. The van der Waals surface area contributed by atoms with Gasteiger partial charge in [0.25, 0.3) is 5.91 Å². The molecule has 140 valence electrons. The molecule has 0 atom stereocenters. The Morgan fingerprint density at radius 2 is 1.81 bits per heavy atom. The van der Waals surface area contributed by atoms with Crippen LogP contribution in [0.3, 0.4) is 0 Å². The summed E-state index contributed by atoms with van der Waals surface area (Å²) >= 11 is 0. The van der Waals surface area contributed by atoms with Gasteiger partial charge in [-0.25, -0.2) is 0 Å². The number of hydrogen-bond acceptors (Lipinski definition) is 4. The smallest absolute Gasteiger partial charge is 0.255 e. The third-order valence-corrected chi connectivity index (χ3v) is 4.50. The lowest BCUT2D eigenvalue weighted by Gasteiger charge is -2.11. The second-order valence-electron chi connectivity index (χ2n) is 6.30. The number of fused-ring (bicyclic) bond motifs is 1. The Morgan fingerprint density at radius 1 is 1.15 bits per heavy atom. The molecule has 1 heterocycles. The highest BCUT2D eigenvalue weighted by Gasteiger charge is 2.16. The normalized spacial score (nSPS) is 10.7. The van der Waals surface area contributed by atoms with Gasteiger partial charge in [0.15, 0.2) is 0 Å². The average Bonchev–Trinajstić information content (AvgIpc) is 2.91. The number of hydrogen-bond donors (Lipinski definition) is 2. The molecule has 2 N–H and O–H groups in total. The molecule has 0 radical (unpaired) electrons. The van der Waals surface area contributed by atoms with Gasteiger partial charge in [-0.1, -0.05) is 24.3 Å². The van der Waals surface area contributed by atoms with Crippen LogP contribution in [-0.4, -0.2) is 35.2 Å². The highest BCUT2D eigenvalue weighted by Crippen LogP contribution is 2.26. The number of aryl methyl sites for hydroxylation is 2. The molecule has 0 aliphatic carbocycles. The first-order valence-corrected chi connectivity index (χ1v) is 8.55. The van der Waals surface area contributed by atoms with Crippen molar-refractivity contribution >= 4 is 28.3 Å². The summed E-state index contributed by atoms with van der Waals surface area (Å²) in [5, 5.41) is 11.6. The van der Waals surface area contributed by atoms with Gasteiger partial charge in [-0.2, -0.15) is 5.10 Å². The second-order valence-corrected chi connectivity index (χ2v) is 6.30. The molecule has 2 amide bonds. The molecule has 27 heavy (non-hydrogen) atoms. The van der Waals surface area contributed by atoms with E-state index in [9.17, 15) is 9.59 Å². The van der Waals surface area contributed by atoms with Crippen LogP contribution in [0.2, 0.25) is 0 Å². The molecule has 0 unspecified atom stereocenters. The maximum atomic E-state index is 12.6. The third kappa shape index (κ3) is 3.76. The molecule has 7 nitrogen and oxygen atoms in total. The van der Waals surface area contributed by atoms with E-state index < -0.39 is 0 Å². The van der Waals surface area contributed by atoms with E-state index in [0.29, 0.717) is 17.0 Å². The van der Waals surface area contributed by atoms with Gasteiger partial charge in [-0.05, 0) is 36.8 Å². The average molecular weight is 366 g/mol. The fraction of sp³-hybridized carbons (Fsp3) is 0.250. The van der Waals surface area contributed by atoms with Crippen molar-refractivity contribution < 1.29 is 14.3 Å². The quantitative estimate of drug-likeness (QED) is 0.727. The predicted molar refractivity (Wildman–Crippen MR) is 104 cm³/mol. The molecule has 0 bridgehead atoms. The van der Waals surface area contributed by atoms with Crippen molar-refractivity contribution in [2.45, 2.75) is 13.8 Å². The van der Waals surface area contributed by atoms with Crippen LogP contribution in [0.15, 0.2) is 36.4 Å². The number of aromatic nitrogens is 2. The van der Waals surface area contributed by atoms with E-state index in [1.165, 1.54) is 7.11 Å². The number of carbonyl (C=O) groups excluding carboxylic acids is 2. The molecule has 3 rings (SSSR count). The zero-order valence-electron chi connectivity index (χ0n) is 15.8. The molecule has 0 saturated heterocycles. The van der Waals surface area contributed by atoms with E-state index in [2.05, 4.69) is 15.7 Å². The van der Waals surface area contributed by atoms with Gasteiger partial charge in [-0.15, -0.1) is 0 Å². The predicted octanol–water partition coefficient (Wildman–Crippen LogP) is 2.57. The number of benzene rings is 2. The summed E-state index contributed by atoms with van der Waals surface area (Å²) in [7, 11) is 3.33. The lowest BCUT2D eigenvalue weighted by Crippen LogP contribution is -2.33. The van der Waals surface area contributed by atoms with Gasteiger partial charge in [0.1, 0.15) is 5.75 Å². The first-order valence-electron chi connectivity index (χ1n) is 8.55. The molecular formula is C20H22N4O3. The van der Waals surface area contributed by atoms with E-state index in [-0.39, 0.29) is 18.4 Å². The van der Waals surface area contributed by atoms with E-state index in [4.69, 9.17) is 4.74 Å². The van der Waals surface area contributed by atoms with E-state index >= 15 is 0 Å². The van der Waals surface area contributed by atoms with Gasteiger partial charge in [0.05, 0.1) is 36.3 Å². The molecule has 0 spiro atoms. The van der Waals surface area contributed by atoms with Crippen LogP contribution in [0.25, 0.3) is 10.8 Å². The number of nitrogens with zero attached hydrogens (tertiary/aromatic N) is 2. The minimum atomic E-state index is -0.368. The zero-order chi connectivity index (χ0) is 19.6. The molecule has 0 fully saturated rings. The topological polar surface area (TPSA) is 85.2 Å². The van der Waals surface area contributed by atoms with Crippen molar-refractivity contribution in [3.05, 3.63) is 53.3 Å². The van der Waals surface area contributed by atoms with Crippen molar-refractivity contribution in [1.82, 2.24) is 15.1 Å². The number of rotatable bonds is 5. The number of nitrogens with one attached hydrogen (secondary N) is 2. The van der Waals surface area contributed by atoms with Crippen molar-refractivity contribution in [2.24, 2.45) is 7.05 Å². The maximum absolute atomic E-state index is 12.6. The Labute approximate surface area is 157 Å². The number of amides is 2. The largest absolute Gasteiger partial charge is 0.496 e. The Morgan fingerprint density at radius 3 is 2.41 bits per heavy atom. The third-order valence-electron chi connectivity index (χ3n) is 4.50. The van der Waals surface area contributed by atoms with Crippen molar-refractivity contribution in [3.63, 3.8) is 0 Å². The molecule has 0 aliphatic rings. The lowest BCUT2D eigenvalue weighted by molar-refractivity contribution is -0.115. The van der Waals surface area contributed by atoms with Gasteiger partial charge in [0.2, 0.25) is 5.91 Å². The number of methoxy groups -OCH3 is 1. The van der Waals surface area contributed by atoms with Crippen LogP contribution < -0.4 is 15.4 Å². The monoisotopic (exact) mass is 366 g/mol. The van der Waals surface area contributed by atoms with Crippen molar-refractivity contribution in [3.8, 4) is 5.75 Å². The minimum absolute atomic E-state index is 0.150. The van der Waals surface area contributed by atoms with Crippen molar-refractivity contribution in [1.29, 1.82) is 0 Å². The molecule has 3 aromatic rings. The van der Waals surface area contributed by atoms with Gasteiger partial charge in [-0.3, -0.25) is 14.3 Å². The van der Waals surface area contributed by atoms with E-state index in [1.54, 1.807) is 10.7 Å². The second kappa shape index (κ2) is 7.49. The summed E-state index contributed by atoms with van der Waals surface area (Å²) in [6, 6.07) is 11.3. The van der Waals surface area contributed by atoms with Crippen LogP contribution in [0, 0.1) is 13.8 Å². The Kier molecular flexibility index (Phi) is 5.12. The van der Waals surface area contributed by atoms with E-state index in [0.717, 1.165) is 22.2 Å². The highest BCUT2D eigenvalue weighted by atomic mass is 16.5. The Balaban J connectivity index is 1.72. The molecule has 2 aromatic carbocycles. The highest BCUT2D eigenvalue weighted by molar-refractivity contribution is 6.04. The standard InChI is InChI=1S/C20H22N4O3/c1-12-19(13(2)24(3)23-12)22-18(25)11-21-20(26)16-9-14-7-5-6-8-15(14)10-17(16)27-4/h5-10H,11H2,1-4H3,(H,21,26)(H,22,25). The SMILES string of the molecule is COc1cc2ccccc2cc1C(=O)NCC(=O)Nc1c(C)nn(C)c1C. The van der Waals surface area contributed by atoms with Gasteiger partial charge < -0.3 is 15.4 Å². The summed E-state index contributed by atoms with van der Waals surface area (Å²) < 4.78 is 7.04. The number of anilines is 1. The molecule has 0 saturated carbocycles. The molecule has 1 aromatic heterocycles. The number of carbonyl (C=O) groups is 2. The molecular weight excluding hydrogens is 344 g/mol. The molecule has 7 heteroatoms. The Bertz CT molecular complexity index is 1020.